The van der Waals surface area contributed by atoms with E-state index in [0.717, 1.165) is 5.69 Å². The first-order valence-corrected chi connectivity index (χ1v) is 7.30. The standard InChI is InChI=1S/C13H15Cl2N3O3/c14-8-12(19)16-11-7-9(1-2-10(11)15)17-3-5-18(6-4-17)13(20)21/h1-2,7H,3-6,8H2,(H,16,19)(H,20,21). The maximum Gasteiger partial charge on any atom is 0.407 e. The van der Waals surface area contributed by atoms with Gasteiger partial charge in [-0.2, -0.15) is 0 Å². The number of halogens is 2. The zero-order chi connectivity index (χ0) is 15.4. The van der Waals surface area contributed by atoms with Crippen LogP contribution in [-0.4, -0.2) is 54.1 Å². The average molecular weight is 332 g/mol. The molecule has 6 nitrogen and oxygen atoms in total. The third kappa shape index (κ3) is 3.92. The van der Waals surface area contributed by atoms with Gasteiger partial charge in [-0.25, -0.2) is 4.79 Å². The predicted molar refractivity (Wildman–Crippen MR) is 82.6 cm³/mol. The van der Waals surface area contributed by atoms with Crippen molar-refractivity contribution in [1.82, 2.24) is 4.90 Å². The van der Waals surface area contributed by atoms with Crippen LogP contribution in [0.25, 0.3) is 0 Å². The first kappa shape index (κ1) is 15.7. The van der Waals surface area contributed by atoms with Gasteiger partial charge in [0.15, 0.2) is 0 Å². The predicted octanol–water partition coefficient (Wildman–Crippen LogP) is 2.32. The number of anilines is 2. The second-order valence-corrected chi connectivity index (χ2v) is 5.28. The molecule has 0 radical (unpaired) electrons. The Morgan fingerprint density at radius 3 is 2.48 bits per heavy atom. The third-order valence-electron chi connectivity index (χ3n) is 3.26. The van der Waals surface area contributed by atoms with Crippen molar-refractivity contribution in [2.24, 2.45) is 0 Å². The summed E-state index contributed by atoms with van der Waals surface area (Å²) in [6, 6.07) is 5.31. The van der Waals surface area contributed by atoms with Gasteiger partial charge in [0.2, 0.25) is 5.91 Å². The molecule has 1 fully saturated rings. The third-order valence-corrected chi connectivity index (χ3v) is 3.83. The number of piperazine rings is 1. The van der Waals surface area contributed by atoms with Crippen LogP contribution in [-0.2, 0) is 4.79 Å². The minimum Gasteiger partial charge on any atom is -0.465 e. The van der Waals surface area contributed by atoms with Crippen LogP contribution in [0.2, 0.25) is 5.02 Å². The van der Waals surface area contributed by atoms with Crippen LogP contribution in [0.1, 0.15) is 0 Å². The lowest BCUT2D eigenvalue weighted by atomic mass is 10.2. The van der Waals surface area contributed by atoms with Gasteiger partial charge in [-0.1, -0.05) is 11.6 Å². The van der Waals surface area contributed by atoms with Crippen molar-refractivity contribution in [2.75, 3.05) is 42.3 Å². The van der Waals surface area contributed by atoms with Gasteiger partial charge in [0.1, 0.15) is 5.88 Å². The summed E-state index contributed by atoms with van der Waals surface area (Å²) in [7, 11) is 0. The van der Waals surface area contributed by atoms with Crippen molar-refractivity contribution in [2.45, 2.75) is 0 Å². The maximum absolute atomic E-state index is 11.4. The van der Waals surface area contributed by atoms with Crippen LogP contribution >= 0.6 is 23.2 Å². The quantitative estimate of drug-likeness (QED) is 0.833. The molecule has 1 heterocycles. The SMILES string of the molecule is O=C(CCl)Nc1cc(N2CCN(C(=O)O)CC2)ccc1Cl. The van der Waals surface area contributed by atoms with Crippen molar-refractivity contribution in [3.05, 3.63) is 23.2 Å². The second-order valence-electron chi connectivity index (χ2n) is 4.60. The fourth-order valence-electron chi connectivity index (χ4n) is 2.15. The summed E-state index contributed by atoms with van der Waals surface area (Å²) in [5.41, 5.74) is 1.38. The summed E-state index contributed by atoms with van der Waals surface area (Å²) in [5.74, 6) is -0.468. The molecule has 1 aromatic carbocycles. The van der Waals surface area contributed by atoms with E-state index in [1.165, 1.54) is 4.90 Å². The monoisotopic (exact) mass is 331 g/mol. The molecule has 0 atom stereocenters. The number of carbonyl (C=O) groups excluding carboxylic acids is 1. The molecule has 2 N–H and O–H groups in total. The number of nitrogens with one attached hydrogen (secondary N) is 1. The topological polar surface area (TPSA) is 72.9 Å². The normalized spacial score (nSPS) is 15.0. The summed E-state index contributed by atoms with van der Waals surface area (Å²) < 4.78 is 0. The lowest BCUT2D eigenvalue weighted by molar-refractivity contribution is -0.113. The van der Waals surface area contributed by atoms with E-state index < -0.39 is 6.09 Å². The van der Waals surface area contributed by atoms with E-state index in [0.29, 0.717) is 36.9 Å². The Morgan fingerprint density at radius 2 is 1.90 bits per heavy atom. The van der Waals surface area contributed by atoms with E-state index in [1.54, 1.807) is 12.1 Å². The fourth-order valence-corrected chi connectivity index (χ4v) is 2.38. The summed E-state index contributed by atoms with van der Waals surface area (Å²) in [4.78, 5) is 25.7. The number of benzene rings is 1. The zero-order valence-corrected chi connectivity index (χ0v) is 12.7. The van der Waals surface area contributed by atoms with Gasteiger partial charge in [0.25, 0.3) is 0 Å². The molecule has 1 aromatic rings. The fraction of sp³-hybridized carbons (Fsp3) is 0.385. The molecule has 2 rings (SSSR count). The maximum atomic E-state index is 11.4. The number of hydrogen-bond donors (Lipinski definition) is 2. The largest absolute Gasteiger partial charge is 0.465 e. The summed E-state index contributed by atoms with van der Waals surface area (Å²) in [5, 5.41) is 12.0. The molecule has 0 aliphatic carbocycles. The van der Waals surface area contributed by atoms with Crippen molar-refractivity contribution < 1.29 is 14.7 Å². The van der Waals surface area contributed by atoms with E-state index in [2.05, 4.69) is 5.32 Å². The highest BCUT2D eigenvalue weighted by atomic mass is 35.5. The van der Waals surface area contributed by atoms with Gasteiger partial charge >= 0.3 is 6.09 Å². The summed E-state index contributed by atoms with van der Waals surface area (Å²) in [6.45, 7) is 2.08. The molecule has 21 heavy (non-hydrogen) atoms. The lowest BCUT2D eigenvalue weighted by Gasteiger charge is -2.34. The first-order valence-electron chi connectivity index (χ1n) is 6.39. The van der Waals surface area contributed by atoms with Gasteiger partial charge < -0.3 is 20.2 Å². The van der Waals surface area contributed by atoms with Crippen molar-refractivity contribution in [3.8, 4) is 0 Å². The average Bonchev–Trinajstić information content (AvgIpc) is 2.49. The number of alkyl halides is 1. The number of nitrogens with zero attached hydrogens (tertiary/aromatic N) is 2. The smallest absolute Gasteiger partial charge is 0.407 e. The minimum absolute atomic E-state index is 0.141. The molecular formula is C13H15Cl2N3O3. The zero-order valence-electron chi connectivity index (χ0n) is 11.2. The molecule has 114 valence electrons. The Balaban J connectivity index is 2.09. The Hall–Kier alpha value is -1.66. The van der Waals surface area contributed by atoms with Crippen LogP contribution in [0, 0.1) is 0 Å². The highest BCUT2D eigenvalue weighted by Crippen LogP contribution is 2.28. The molecular weight excluding hydrogens is 317 g/mol. The Labute approximate surface area is 132 Å². The van der Waals surface area contributed by atoms with Crippen LogP contribution < -0.4 is 10.2 Å². The van der Waals surface area contributed by atoms with Crippen LogP contribution in [0.3, 0.4) is 0 Å². The van der Waals surface area contributed by atoms with Gasteiger partial charge in [0, 0.05) is 31.9 Å². The van der Waals surface area contributed by atoms with E-state index in [1.807, 2.05) is 11.0 Å². The van der Waals surface area contributed by atoms with E-state index in [-0.39, 0.29) is 11.8 Å². The first-order chi connectivity index (χ1) is 10.0. The van der Waals surface area contributed by atoms with E-state index in [4.69, 9.17) is 28.3 Å². The molecule has 0 bridgehead atoms. The van der Waals surface area contributed by atoms with Crippen LogP contribution in [0.15, 0.2) is 18.2 Å². The number of carboxylic acid groups (broad SMARTS) is 1. The molecule has 1 aliphatic rings. The summed E-state index contributed by atoms with van der Waals surface area (Å²) >= 11 is 11.5. The molecule has 0 aromatic heterocycles. The number of hydrogen-bond acceptors (Lipinski definition) is 3. The van der Waals surface area contributed by atoms with Gasteiger partial charge in [-0.05, 0) is 18.2 Å². The summed E-state index contributed by atoms with van der Waals surface area (Å²) in [6.07, 6.45) is -0.902. The van der Waals surface area contributed by atoms with Crippen molar-refractivity contribution in [3.63, 3.8) is 0 Å². The molecule has 1 saturated heterocycles. The molecule has 0 spiro atoms. The second kappa shape index (κ2) is 6.87. The van der Waals surface area contributed by atoms with Crippen LogP contribution in [0.4, 0.5) is 16.2 Å². The Bertz CT molecular complexity index is 545. The molecule has 8 heteroatoms. The molecule has 1 aliphatic heterocycles. The number of amides is 2. The highest BCUT2D eigenvalue weighted by molar-refractivity contribution is 6.34. The van der Waals surface area contributed by atoms with Gasteiger partial charge in [-0.3, -0.25) is 4.79 Å². The van der Waals surface area contributed by atoms with E-state index in [9.17, 15) is 9.59 Å². The van der Waals surface area contributed by atoms with Gasteiger partial charge in [0.05, 0.1) is 10.7 Å². The van der Waals surface area contributed by atoms with E-state index >= 15 is 0 Å². The van der Waals surface area contributed by atoms with Crippen molar-refractivity contribution >= 4 is 46.6 Å². The van der Waals surface area contributed by atoms with Crippen LogP contribution in [0.5, 0.6) is 0 Å². The van der Waals surface area contributed by atoms with Gasteiger partial charge in [-0.15, -0.1) is 11.6 Å². The molecule has 0 unspecified atom stereocenters. The Kier molecular flexibility index (Phi) is 5.14. The minimum atomic E-state index is -0.902. The molecule has 2 amide bonds. The lowest BCUT2D eigenvalue weighted by Crippen LogP contribution is -2.48. The number of carbonyl (C=O) groups is 2. The van der Waals surface area contributed by atoms with Crippen molar-refractivity contribution in [1.29, 1.82) is 0 Å². The highest BCUT2D eigenvalue weighted by Gasteiger charge is 2.21. The molecule has 0 saturated carbocycles. The Morgan fingerprint density at radius 1 is 1.24 bits per heavy atom. The number of rotatable bonds is 3.